The highest BCUT2D eigenvalue weighted by Crippen LogP contribution is 2.27. The number of carbonyl (C=O) groups excluding carboxylic acids is 1. The van der Waals surface area contributed by atoms with Crippen LogP contribution in [0.2, 0.25) is 0 Å². The number of benzene rings is 1. The zero-order chi connectivity index (χ0) is 17.7. The van der Waals surface area contributed by atoms with Crippen molar-refractivity contribution in [2.75, 3.05) is 26.8 Å². The van der Waals surface area contributed by atoms with Crippen LogP contribution in [0, 0.1) is 6.92 Å². The first kappa shape index (κ1) is 17.4. The third kappa shape index (κ3) is 3.99. The number of methoxy groups -OCH3 is 1. The van der Waals surface area contributed by atoms with Gasteiger partial charge in [-0.2, -0.15) is 0 Å². The highest BCUT2D eigenvalue weighted by molar-refractivity contribution is 5.93. The molecule has 0 N–H and O–H groups in total. The first-order chi connectivity index (χ1) is 12.1. The van der Waals surface area contributed by atoms with Crippen molar-refractivity contribution in [1.29, 1.82) is 0 Å². The molecule has 0 radical (unpaired) electrons. The van der Waals surface area contributed by atoms with Gasteiger partial charge in [0.2, 0.25) is 0 Å². The quantitative estimate of drug-likeness (QED) is 0.839. The number of ether oxygens (including phenoxy) is 2. The van der Waals surface area contributed by atoms with Crippen molar-refractivity contribution < 1.29 is 14.3 Å². The zero-order valence-electron chi connectivity index (χ0n) is 14.8. The maximum absolute atomic E-state index is 12.9. The lowest BCUT2D eigenvalue weighted by Crippen LogP contribution is -2.54. The van der Waals surface area contributed by atoms with Gasteiger partial charge in [-0.25, -0.2) is 0 Å². The monoisotopic (exact) mass is 340 g/mol. The fraction of sp³-hybridized carbons (Fsp3) is 0.400. The molecule has 1 saturated heterocycles. The number of aromatic nitrogens is 1. The van der Waals surface area contributed by atoms with Crippen molar-refractivity contribution in [3.63, 3.8) is 0 Å². The molecule has 2 heterocycles. The molecule has 1 aliphatic heterocycles. The second kappa shape index (κ2) is 7.66. The average molecular weight is 340 g/mol. The molecular weight excluding hydrogens is 316 g/mol. The van der Waals surface area contributed by atoms with E-state index in [4.69, 9.17) is 9.47 Å². The van der Waals surface area contributed by atoms with Gasteiger partial charge in [-0.1, -0.05) is 24.3 Å². The number of pyridine rings is 1. The summed E-state index contributed by atoms with van der Waals surface area (Å²) in [5, 5.41) is 0. The van der Waals surface area contributed by atoms with Crippen LogP contribution in [0.4, 0.5) is 0 Å². The molecule has 5 heteroatoms. The van der Waals surface area contributed by atoms with Gasteiger partial charge < -0.3 is 14.4 Å². The Balaban J connectivity index is 1.71. The van der Waals surface area contributed by atoms with Gasteiger partial charge in [0.25, 0.3) is 5.91 Å². The summed E-state index contributed by atoms with van der Waals surface area (Å²) < 4.78 is 11.7. The maximum atomic E-state index is 12.9. The molecule has 0 bridgehead atoms. The Hall–Kier alpha value is -2.40. The minimum atomic E-state index is -0.494. The lowest BCUT2D eigenvalue weighted by molar-refractivity contribution is -0.0825. The van der Waals surface area contributed by atoms with Gasteiger partial charge in [0.05, 0.1) is 6.54 Å². The van der Waals surface area contributed by atoms with Crippen molar-refractivity contribution in [3.05, 3.63) is 59.9 Å². The Morgan fingerprint density at radius 2 is 2.04 bits per heavy atom. The van der Waals surface area contributed by atoms with Crippen molar-refractivity contribution >= 4 is 5.91 Å². The minimum absolute atomic E-state index is 0.0427. The molecule has 2 aromatic rings. The van der Waals surface area contributed by atoms with Crippen molar-refractivity contribution in [2.24, 2.45) is 0 Å². The number of para-hydroxylation sites is 1. The highest BCUT2D eigenvalue weighted by atomic mass is 16.5. The van der Waals surface area contributed by atoms with Crippen molar-refractivity contribution in [1.82, 2.24) is 9.88 Å². The summed E-state index contributed by atoms with van der Waals surface area (Å²) in [5.41, 5.74) is 0.909. The standard InChI is InChI=1S/C20H24N2O3/c1-16-8-6-12-21-18(16)19(23)22-13-7-11-20(14-22,24-2)15-25-17-9-4-3-5-10-17/h3-6,8-10,12H,7,11,13-15H2,1-2H3. The summed E-state index contributed by atoms with van der Waals surface area (Å²) in [5.74, 6) is 0.766. The number of nitrogens with zero attached hydrogens (tertiary/aromatic N) is 2. The number of hydrogen-bond acceptors (Lipinski definition) is 4. The first-order valence-corrected chi connectivity index (χ1v) is 8.57. The molecule has 1 aromatic heterocycles. The van der Waals surface area contributed by atoms with Crippen LogP contribution < -0.4 is 4.74 Å². The third-order valence-electron chi connectivity index (χ3n) is 4.72. The molecule has 0 saturated carbocycles. The summed E-state index contributed by atoms with van der Waals surface area (Å²) >= 11 is 0. The van der Waals surface area contributed by atoms with E-state index >= 15 is 0 Å². The topological polar surface area (TPSA) is 51.7 Å². The van der Waals surface area contributed by atoms with Crippen LogP contribution in [0.25, 0.3) is 0 Å². The average Bonchev–Trinajstić information content (AvgIpc) is 2.67. The number of likely N-dealkylation sites (tertiary alicyclic amines) is 1. The minimum Gasteiger partial charge on any atom is -0.491 e. The van der Waals surface area contributed by atoms with E-state index in [-0.39, 0.29) is 5.91 Å². The molecular formula is C20H24N2O3. The van der Waals surface area contributed by atoms with Gasteiger partial charge in [-0.05, 0) is 43.5 Å². The Kier molecular flexibility index (Phi) is 5.34. The molecule has 1 amide bonds. The van der Waals surface area contributed by atoms with Crippen LogP contribution in [0.3, 0.4) is 0 Å². The van der Waals surface area contributed by atoms with Gasteiger partial charge in [0, 0.05) is 19.9 Å². The van der Waals surface area contributed by atoms with E-state index in [1.807, 2.05) is 54.3 Å². The molecule has 1 fully saturated rings. The van der Waals surface area contributed by atoms with Crippen LogP contribution in [0.5, 0.6) is 5.75 Å². The summed E-state index contributed by atoms with van der Waals surface area (Å²) in [6, 6.07) is 13.4. The van der Waals surface area contributed by atoms with Crippen molar-refractivity contribution in [3.8, 4) is 5.75 Å². The maximum Gasteiger partial charge on any atom is 0.272 e. The molecule has 1 aliphatic rings. The largest absolute Gasteiger partial charge is 0.491 e. The zero-order valence-corrected chi connectivity index (χ0v) is 14.8. The molecule has 1 atom stereocenters. The second-order valence-electron chi connectivity index (χ2n) is 6.49. The van der Waals surface area contributed by atoms with Gasteiger partial charge >= 0.3 is 0 Å². The number of piperidine rings is 1. The van der Waals surface area contributed by atoms with Crippen LogP contribution in [-0.4, -0.2) is 48.2 Å². The van der Waals surface area contributed by atoms with Gasteiger partial charge in [0.15, 0.2) is 0 Å². The summed E-state index contributed by atoms with van der Waals surface area (Å²) in [7, 11) is 1.69. The van der Waals surface area contributed by atoms with Gasteiger partial charge in [0.1, 0.15) is 23.7 Å². The van der Waals surface area contributed by atoms with Crippen LogP contribution in [-0.2, 0) is 4.74 Å². The van der Waals surface area contributed by atoms with Crippen molar-refractivity contribution in [2.45, 2.75) is 25.4 Å². The molecule has 1 aromatic carbocycles. The lowest BCUT2D eigenvalue weighted by atomic mass is 9.93. The van der Waals surface area contributed by atoms with Crippen LogP contribution >= 0.6 is 0 Å². The van der Waals surface area contributed by atoms with E-state index in [1.165, 1.54) is 0 Å². The summed E-state index contributed by atoms with van der Waals surface area (Å²) in [6.07, 6.45) is 3.40. The highest BCUT2D eigenvalue weighted by Gasteiger charge is 2.39. The SMILES string of the molecule is COC1(COc2ccccc2)CCCN(C(=O)c2ncccc2C)C1. The first-order valence-electron chi connectivity index (χ1n) is 8.57. The number of aryl methyl sites for hydroxylation is 1. The van der Waals surface area contributed by atoms with E-state index in [9.17, 15) is 4.79 Å². The molecule has 25 heavy (non-hydrogen) atoms. The number of rotatable bonds is 5. The normalized spacial score (nSPS) is 20.3. The van der Waals surface area contributed by atoms with E-state index < -0.39 is 5.60 Å². The number of carbonyl (C=O) groups is 1. The molecule has 0 spiro atoms. The Morgan fingerprint density at radius 3 is 2.76 bits per heavy atom. The fourth-order valence-electron chi connectivity index (χ4n) is 3.21. The van der Waals surface area contributed by atoms with E-state index in [2.05, 4.69) is 4.98 Å². The number of amides is 1. The molecule has 132 valence electrons. The fourth-order valence-corrected chi connectivity index (χ4v) is 3.21. The van der Waals surface area contributed by atoms with E-state index in [1.54, 1.807) is 13.3 Å². The van der Waals surface area contributed by atoms with Gasteiger partial charge in [-0.15, -0.1) is 0 Å². The molecule has 5 nitrogen and oxygen atoms in total. The summed E-state index contributed by atoms with van der Waals surface area (Å²) in [4.78, 5) is 19.0. The smallest absolute Gasteiger partial charge is 0.272 e. The molecule has 3 rings (SSSR count). The number of hydrogen-bond donors (Lipinski definition) is 0. The summed E-state index contributed by atoms with van der Waals surface area (Å²) in [6.45, 7) is 3.54. The van der Waals surface area contributed by atoms with E-state index in [0.717, 1.165) is 24.2 Å². The predicted molar refractivity (Wildman–Crippen MR) is 95.8 cm³/mol. The Morgan fingerprint density at radius 1 is 1.24 bits per heavy atom. The Bertz CT molecular complexity index is 720. The predicted octanol–water partition coefficient (Wildman–Crippen LogP) is 3.09. The molecule has 0 aliphatic carbocycles. The van der Waals surface area contributed by atoms with E-state index in [0.29, 0.717) is 25.4 Å². The van der Waals surface area contributed by atoms with Crippen LogP contribution in [0.15, 0.2) is 48.7 Å². The van der Waals surface area contributed by atoms with Crippen LogP contribution in [0.1, 0.15) is 28.9 Å². The van der Waals surface area contributed by atoms with Gasteiger partial charge in [-0.3, -0.25) is 9.78 Å². The Labute approximate surface area is 148 Å². The molecule has 1 unspecified atom stereocenters. The third-order valence-corrected chi connectivity index (χ3v) is 4.72. The second-order valence-corrected chi connectivity index (χ2v) is 6.49. The lowest BCUT2D eigenvalue weighted by Gasteiger charge is -2.41.